The second kappa shape index (κ2) is 8.43. The van der Waals surface area contributed by atoms with Gasteiger partial charge in [-0.3, -0.25) is 0 Å². The van der Waals surface area contributed by atoms with Crippen LogP contribution in [-0.4, -0.2) is 81.7 Å². The van der Waals surface area contributed by atoms with Gasteiger partial charge >= 0.3 is 0 Å². The first-order valence-electron chi connectivity index (χ1n) is 13.6. The molecule has 0 saturated carbocycles. The molecule has 0 aromatic carbocycles. The standard InChI is InChI=1S/C26H33N7O3/c1-2-10-34-25(3-1)32-9-8-23(29-32)33-26-21(12-27-33)22(30-13-17-4-5-18(14-30)35-17)11-24(28-26)31-15-19-6-7-20(16-31)36-19/h8-9,11-12,17-20,25H,1-7,10,13-16H2. The average molecular weight is 492 g/mol. The zero-order valence-electron chi connectivity index (χ0n) is 20.5. The van der Waals surface area contributed by atoms with E-state index >= 15 is 0 Å². The summed E-state index contributed by atoms with van der Waals surface area (Å²) in [5.41, 5.74) is 2.06. The molecule has 0 spiro atoms. The zero-order chi connectivity index (χ0) is 23.6. The molecule has 5 fully saturated rings. The highest BCUT2D eigenvalue weighted by molar-refractivity contribution is 5.92. The average Bonchev–Trinajstić information content (AvgIpc) is 3.70. The summed E-state index contributed by atoms with van der Waals surface area (Å²) >= 11 is 0. The van der Waals surface area contributed by atoms with Crippen LogP contribution in [0.3, 0.4) is 0 Å². The van der Waals surface area contributed by atoms with Gasteiger partial charge in [0.2, 0.25) is 0 Å². The number of aromatic nitrogens is 5. The molecular weight excluding hydrogens is 458 g/mol. The molecule has 8 heterocycles. The molecule has 8 rings (SSSR count). The van der Waals surface area contributed by atoms with E-state index in [1.165, 1.54) is 12.1 Å². The monoisotopic (exact) mass is 491 g/mol. The quantitative estimate of drug-likeness (QED) is 0.551. The summed E-state index contributed by atoms with van der Waals surface area (Å²) in [6.07, 6.45) is 13.1. The van der Waals surface area contributed by atoms with Gasteiger partial charge in [0, 0.05) is 51.1 Å². The fourth-order valence-corrected chi connectivity index (χ4v) is 6.71. The van der Waals surface area contributed by atoms with Crippen molar-refractivity contribution in [2.45, 2.75) is 75.6 Å². The van der Waals surface area contributed by atoms with E-state index in [1.54, 1.807) is 0 Å². The van der Waals surface area contributed by atoms with Crippen molar-refractivity contribution in [1.29, 1.82) is 0 Å². The molecule has 5 aliphatic heterocycles. The Labute approximate surface area is 210 Å². The predicted molar refractivity (Wildman–Crippen MR) is 134 cm³/mol. The molecule has 0 aliphatic carbocycles. The summed E-state index contributed by atoms with van der Waals surface area (Å²) in [7, 11) is 0. The minimum Gasteiger partial charge on any atom is -0.371 e. The van der Waals surface area contributed by atoms with Gasteiger partial charge in [-0.2, -0.15) is 14.9 Å². The Hall–Kier alpha value is -2.69. The van der Waals surface area contributed by atoms with Crippen LogP contribution in [0.2, 0.25) is 0 Å². The summed E-state index contributed by atoms with van der Waals surface area (Å²) < 4.78 is 22.0. The van der Waals surface area contributed by atoms with Gasteiger partial charge in [-0.1, -0.05) is 0 Å². The first kappa shape index (κ1) is 21.4. The van der Waals surface area contributed by atoms with Crippen LogP contribution in [0.4, 0.5) is 11.5 Å². The van der Waals surface area contributed by atoms with Crippen molar-refractivity contribution in [3.05, 3.63) is 24.5 Å². The molecule has 10 heteroatoms. The van der Waals surface area contributed by atoms with E-state index in [0.29, 0.717) is 24.4 Å². The second-order valence-electron chi connectivity index (χ2n) is 11.0. The summed E-state index contributed by atoms with van der Waals surface area (Å²) in [5.74, 6) is 1.78. The third-order valence-corrected chi connectivity index (χ3v) is 8.52. The summed E-state index contributed by atoms with van der Waals surface area (Å²) in [4.78, 5) is 10.1. The molecule has 4 bridgehead atoms. The molecule has 0 radical (unpaired) electrons. The van der Waals surface area contributed by atoms with Gasteiger partial charge < -0.3 is 24.0 Å². The van der Waals surface area contributed by atoms with Crippen LogP contribution < -0.4 is 9.80 Å². The molecule has 10 nitrogen and oxygen atoms in total. The third kappa shape index (κ3) is 3.61. The normalized spacial score (nSPS) is 32.1. The lowest BCUT2D eigenvalue weighted by Gasteiger charge is -2.36. The van der Waals surface area contributed by atoms with E-state index in [1.807, 2.05) is 27.8 Å². The summed E-state index contributed by atoms with van der Waals surface area (Å²) in [6.45, 7) is 4.42. The lowest BCUT2D eigenvalue weighted by molar-refractivity contribution is -0.0395. The fraction of sp³-hybridized carbons (Fsp3) is 0.654. The van der Waals surface area contributed by atoms with Gasteiger partial charge in [-0.15, -0.1) is 0 Å². The largest absolute Gasteiger partial charge is 0.371 e. The number of nitrogens with zero attached hydrogens (tertiary/aromatic N) is 7. The van der Waals surface area contributed by atoms with Gasteiger partial charge in [0.15, 0.2) is 11.5 Å². The molecular formula is C26H33N7O3. The van der Waals surface area contributed by atoms with Crippen LogP contribution >= 0.6 is 0 Å². The Morgan fingerprint density at radius 2 is 1.53 bits per heavy atom. The van der Waals surface area contributed by atoms with Gasteiger partial charge in [0.05, 0.1) is 41.7 Å². The van der Waals surface area contributed by atoms with Crippen molar-refractivity contribution >= 4 is 22.5 Å². The minimum absolute atomic E-state index is 0.000979. The molecule has 5 atom stereocenters. The molecule has 3 aromatic heterocycles. The van der Waals surface area contributed by atoms with Crippen molar-refractivity contribution < 1.29 is 14.2 Å². The van der Waals surface area contributed by atoms with Crippen LogP contribution in [0.25, 0.3) is 16.9 Å². The van der Waals surface area contributed by atoms with E-state index in [4.69, 9.17) is 29.4 Å². The van der Waals surface area contributed by atoms with Crippen LogP contribution in [0.15, 0.2) is 24.5 Å². The number of anilines is 2. The van der Waals surface area contributed by atoms with Gasteiger partial charge in [-0.05, 0) is 44.9 Å². The number of rotatable bonds is 4. The highest BCUT2D eigenvalue weighted by Crippen LogP contribution is 2.37. The number of hydrogen-bond donors (Lipinski definition) is 0. The molecule has 5 unspecified atom stereocenters. The van der Waals surface area contributed by atoms with Crippen molar-refractivity contribution in [1.82, 2.24) is 24.5 Å². The van der Waals surface area contributed by atoms with Crippen molar-refractivity contribution in [3.63, 3.8) is 0 Å². The highest BCUT2D eigenvalue weighted by atomic mass is 16.5. The van der Waals surface area contributed by atoms with Crippen molar-refractivity contribution in [3.8, 4) is 5.82 Å². The number of fused-ring (bicyclic) bond motifs is 5. The Bertz CT molecular complexity index is 1240. The van der Waals surface area contributed by atoms with Crippen molar-refractivity contribution in [2.24, 2.45) is 0 Å². The van der Waals surface area contributed by atoms with Gasteiger partial charge in [0.25, 0.3) is 0 Å². The fourth-order valence-electron chi connectivity index (χ4n) is 6.71. The van der Waals surface area contributed by atoms with Crippen LogP contribution in [-0.2, 0) is 14.2 Å². The van der Waals surface area contributed by atoms with E-state index in [9.17, 15) is 0 Å². The van der Waals surface area contributed by atoms with Crippen LogP contribution in [0, 0.1) is 0 Å². The number of pyridine rings is 1. The maximum absolute atomic E-state index is 6.15. The predicted octanol–water partition coefficient (Wildman–Crippen LogP) is 3.05. The Morgan fingerprint density at radius 3 is 2.22 bits per heavy atom. The lowest BCUT2D eigenvalue weighted by Crippen LogP contribution is -2.44. The maximum atomic E-state index is 6.15. The van der Waals surface area contributed by atoms with E-state index in [-0.39, 0.29) is 6.23 Å². The second-order valence-corrected chi connectivity index (χ2v) is 11.0. The maximum Gasteiger partial charge on any atom is 0.177 e. The topological polar surface area (TPSA) is 82.7 Å². The minimum atomic E-state index is 0.000979. The number of hydrogen-bond acceptors (Lipinski definition) is 8. The van der Waals surface area contributed by atoms with Crippen LogP contribution in [0.1, 0.15) is 51.2 Å². The molecule has 190 valence electrons. The summed E-state index contributed by atoms with van der Waals surface area (Å²) in [6, 6.07) is 4.29. The molecule has 5 aliphatic rings. The molecule has 36 heavy (non-hydrogen) atoms. The summed E-state index contributed by atoms with van der Waals surface area (Å²) in [5, 5.41) is 10.7. The Balaban J connectivity index is 1.21. The first-order valence-corrected chi connectivity index (χ1v) is 13.6. The smallest absolute Gasteiger partial charge is 0.177 e. The zero-order valence-corrected chi connectivity index (χ0v) is 20.5. The van der Waals surface area contributed by atoms with E-state index < -0.39 is 0 Å². The SMILES string of the molecule is c1cn(C2CCCCO2)nc1-n1ncc2c(N3CC4CCC(C3)O4)cc(N3CC4CCC(C3)O4)nc21. The Morgan fingerprint density at radius 1 is 0.806 bits per heavy atom. The highest BCUT2D eigenvalue weighted by Gasteiger charge is 2.37. The molecule has 0 N–H and O–H groups in total. The van der Waals surface area contributed by atoms with Crippen LogP contribution in [0.5, 0.6) is 0 Å². The first-order chi connectivity index (χ1) is 17.8. The number of morpholine rings is 2. The van der Waals surface area contributed by atoms with Crippen molar-refractivity contribution in [2.75, 3.05) is 42.6 Å². The van der Waals surface area contributed by atoms with E-state index in [2.05, 4.69) is 15.9 Å². The number of ether oxygens (including phenoxy) is 3. The molecule has 0 amide bonds. The third-order valence-electron chi connectivity index (χ3n) is 8.52. The molecule has 3 aromatic rings. The van der Waals surface area contributed by atoms with Gasteiger partial charge in [-0.25, -0.2) is 9.67 Å². The van der Waals surface area contributed by atoms with Gasteiger partial charge in [0.1, 0.15) is 12.0 Å². The Kier molecular flexibility index (Phi) is 5.01. The molecule has 5 saturated heterocycles. The lowest BCUT2D eigenvalue weighted by atomic mass is 10.2. The van der Waals surface area contributed by atoms with E-state index in [0.717, 1.165) is 94.0 Å².